The number of rotatable bonds is 4. The molecule has 1 fully saturated rings. The van der Waals surface area contributed by atoms with E-state index in [4.69, 9.17) is 9.47 Å². The van der Waals surface area contributed by atoms with E-state index < -0.39 is 0 Å². The molecule has 1 aliphatic rings. The van der Waals surface area contributed by atoms with Crippen LogP contribution in [0.5, 0.6) is 5.75 Å². The van der Waals surface area contributed by atoms with Crippen LogP contribution < -0.4 is 10.1 Å². The molecule has 0 saturated carbocycles. The highest BCUT2D eigenvalue weighted by molar-refractivity contribution is 5.40. The summed E-state index contributed by atoms with van der Waals surface area (Å²) in [5, 5.41) is 3.55. The van der Waals surface area contributed by atoms with Gasteiger partial charge in [0.05, 0.1) is 12.8 Å². The van der Waals surface area contributed by atoms with Crippen LogP contribution in [0.25, 0.3) is 0 Å². The maximum absolute atomic E-state index is 5.42. The van der Waals surface area contributed by atoms with Gasteiger partial charge in [-0.25, -0.2) is 0 Å². The molecule has 4 nitrogen and oxygen atoms in total. The number of nitrogens with zero attached hydrogens (tertiary/aromatic N) is 1. The SMILES string of the molecule is COc1c(C)cnc(CNC2CCOCC2)c1C. The molecule has 0 atom stereocenters. The zero-order valence-electron chi connectivity index (χ0n) is 11.5. The lowest BCUT2D eigenvalue weighted by Crippen LogP contribution is -2.34. The summed E-state index contributed by atoms with van der Waals surface area (Å²) >= 11 is 0. The molecule has 1 saturated heterocycles. The molecule has 18 heavy (non-hydrogen) atoms. The third-order valence-corrected chi connectivity index (χ3v) is 3.53. The van der Waals surface area contributed by atoms with Crippen LogP contribution in [0.2, 0.25) is 0 Å². The molecule has 2 heterocycles. The Morgan fingerprint density at radius 1 is 1.39 bits per heavy atom. The fourth-order valence-electron chi connectivity index (χ4n) is 2.39. The van der Waals surface area contributed by atoms with Crippen molar-refractivity contribution in [1.29, 1.82) is 0 Å². The molecule has 100 valence electrons. The Bertz CT molecular complexity index is 401. The Morgan fingerprint density at radius 3 is 2.78 bits per heavy atom. The lowest BCUT2D eigenvalue weighted by molar-refractivity contribution is 0.0775. The summed E-state index contributed by atoms with van der Waals surface area (Å²) in [6.07, 6.45) is 4.05. The van der Waals surface area contributed by atoms with Gasteiger partial charge in [0.2, 0.25) is 0 Å². The summed E-state index contributed by atoms with van der Waals surface area (Å²) < 4.78 is 10.8. The standard InChI is InChI=1S/C14H22N2O2/c1-10-8-16-13(11(2)14(10)17-3)9-15-12-4-6-18-7-5-12/h8,12,15H,4-7,9H2,1-3H3. The molecule has 0 bridgehead atoms. The molecule has 0 aliphatic carbocycles. The first-order chi connectivity index (χ1) is 8.72. The number of pyridine rings is 1. The number of aryl methyl sites for hydroxylation is 1. The van der Waals surface area contributed by atoms with Crippen molar-refractivity contribution in [2.45, 2.75) is 39.3 Å². The zero-order chi connectivity index (χ0) is 13.0. The first kappa shape index (κ1) is 13.3. The highest BCUT2D eigenvalue weighted by Gasteiger charge is 2.15. The quantitative estimate of drug-likeness (QED) is 0.887. The molecular weight excluding hydrogens is 228 g/mol. The van der Waals surface area contributed by atoms with Crippen LogP contribution in [-0.4, -0.2) is 31.3 Å². The molecule has 2 rings (SSSR count). The number of nitrogens with one attached hydrogen (secondary N) is 1. The number of methoxy groups -OCH3 is 1. The summed E-state index contributed by atoms with van der Waals surface area (Å²) in [7, 11) is 1.71. The second-order valence-electron chi connectivity index (χ2n) is 4.81. The van der Waals surface area contributed by atoms with Crippen molar-refractivity contribution < 1.29 is 9.47 Å². The smallest absolute Gasteiger partial charge is 0.128 e. The predicted octanol–water partition coefficient (Wildman–Crippen LogP) is 1.98. The van der Waals surface area contributed by atoms with E-state index in [1.165, 1.54) is 0 Å². The highest BCUT2D eigenvalue weighted by atomic mass is 16.5. The molecule has 1 aromatic heterocycles. The maximum atomic E-state index is 5.42. The average Bonchev–Trinajstić information content (AvgIpc) is 2.40. The van der Waals surface area contributed by atoms with Crippen molar-refractivity contribution in [1.82, 2.24) is 10.3 Å². The van der Waals surface area contributed by atoms with Crippen LogP contribution in [0.1, 0.15) is 29.7 Å². The van der Waals surface area contributed by atoms with Crippen molar-refractivity contribution in [3.8, 4) is 5.75 Å². The van der Waals surface area contributed by atoms with E-state index in [9.17, 15) is 0 Å². The van der Waals surface area contributed by atoms with E-state index in [0.29, 0.717) is 6.04 Å². The summed E-state index contributed by atoms with van der Waals surface area (Å²) in [5.41, 5.74) is 3.30. The summed E-state index contributed by atoms with van der Waals surface area (Å²) in [6.45, 7) is 6.62. The van der Waals surface area contributed by atoms with E-state index in [1.54, 1.807) is 7.11 Å². The molecule has 0 unspecified atom stereocenters. The minimum Gasteiger partial charge on any atom is -0.496 e. The van der Waals surface area contributed by atoms with Crippen molar-refractivity contribution >= 4 is 0 Å². The van der Waals surface area contributed by atoms with E-state index in [-0.39, 0.29) is 0 Å². The van der Waals surface area contributed by atoms with Crippen LogP contribution in [0.15, 0.2) is 6.20 Å². The molecular formula is C14H22N2O2. The summed E-state index contributed by atoms with van der Waals surface area (Å²) in [4.78, 5) is 4.50. The molecule has 0 spiro atoms. The Balaban J connectivity index is 2.00. The average molecular weight is 250 g/mol. The minimum absolute atomic E-state index is 0.548. The van der Waals surface area contributed by atoms with Crippen LogP contribution in [0.3, 0.4) is 0 Å². The van der Waals surface area contributed by atoms with Crippen molar-refractivity contribution in [2.75, 3.05) is 20.3 Å². The van der Waals surface area contributed by atoms with Crippen LogP contribution >= 0.6 is 0 Å². The van der Waals surface area contributed by atoms with Gasteiger partial charge < -0.3 is 14.8 Å². The van der Waals surface area contributed by atoms with Crippen molar-refractivity contribution in [2.24, 2.45) is 0 Å². The maximum Gasteiger partial charge on any atom is 0.128 e. The van der Waals surface area contributed by atoms with E-state index in [2.05, 4.69) is 17.2 Å². The lowest BCUT2D eigenvalue weighted by atomic mass is 10.1. The molecule has 0 amide bonds. The van der Waals surface area contributed by atoms with Gasteiger partial charge in [0, 0.05) is 43.1 Å². The van der Waals surface area contributed by atoms with Crippen molar-refractivity contribution in [3.63, 3.8) is 0 Å². The fourth-order valence-corrected chi connectivity index (χ4v) is 2.39. The third-order valence-electron chi connectivity index (χ3n) is 3.53. The molecule has 1 aliphatic heterocycles. The minimum atomic E-state index is 0.548. The van der Waals surface area contributed by atoms with Crippen molar-refractivity contribution in [3.05, 3.63) is 23.0 Å². The molecule has 4 heteroatoms. The van der Waals surface area contributed by atoms with E-state index in [0.717, 1.165) is 55.2 Å². The first-order valence-electron chi connectivity index (χ1n) is 6.52. The second-order valence-corrected chi connectivity index (χ2v) is 4.81. The number of ether oxygens (including phenoxy) is 2. The Hall–Kier alpha value is -1.13. The summed E-state index contributed by atoms with van der Waals surface area (Å²) in [6, 6.07) is 0.548. The predicted molar refractivity (Wildman–Crippen MR) is 70.9 cm³/mol. The van der Waals surface area contributed by atoms with Crippen LogP contribution in [0, 0.1) is 13.8 Å². The lowest BCUT2D eigenvalue weighted by Gasteiger charge is -2.23. The van der Waals surface area contributed by atoms with E-state index in [1.807, 2.05) is 13.1 Å². The fraction of sp³-hybridized carbons (Fsp3) is 0.643. The monoisotopic (exact) mass is 250 g/mol. The Kier molecular flexibility index (Phi) is 4.55. The number of hydrogen-bond acceptors (Lipinski definition) is 4. The molecule has 1 N–H and O–H groups in total. The van der Waals surface area contributed by atoms with Gasteiger partial charge in [-0.3, -0.25) is 4.98 Å². The van der Waals surface area contributed by atoms with Gasteiger partial charge in [-0.05, 0) is 26.7 Å². The van der Waals surface area contributed by atoms with Gasteiger partial charge in [0.1, 0.15) is 5.75 Å². The van der Waals surface area contributed by atoms with E-state index >= 15 is 0 Å². The summed E-state index contributed by atoms with van der Waals surface area (Å²) in [5.74, 6) is 0.953. The van der Waals surface area contributed by atoms with Crippen LogP contribution in [0.4, 0.5) is 0 Å². The van der Waals surface area contributed by atoms with Gasteiger partial charge in [-0.1, -0.05) is 0 Å². The number of aromatic nitrogens is 1. The Morgan fingerprint density at radius 2 is 2.11 bits per heavy atom. The largest absolute Gasteiger partial charge is 0.496 e. The zero-order valence-corrected chi connectivity index (χ0v) is 11.5. The third kappa shape index (κ3) is 3.00. The molecule has 0 radical (unpaired) electrons. The molecule has 1 aromatic rings. The van der Waals surface area contributed by atoms with Gasteiger partial charge in [-0.15, -0.1) is 0 Å². The van der Waals surface area contributed by atoms with Gasteiger partial charge in [0.25, 0.3) is 0 Å². The van der Waals surface area contributed by atoms with Gasteiger partial charge in [0.15, 0.2) is 0 Å². The highest BCUT2D eigenvalue weighted by Crippen LogP contribution is 2.24. The van der Waals surface area contributed by atoms with Gasteiger partial charge in [-0.2, -0.15) is 0 Å². The normalized spacial score (nSPS) is 16.8. The van der Waals surface area contributed by atoms with Gasteiger partial charge >= 0.3 is 0 Å². The first-order valence-corrected chi connectivity index (χ1v) is 6.52. The number of hydrogen-bond donors (Lipinski definition) is 1. The van der Waals surface area contributed by atoms with Crippen LogP contribution in [-0.2, 0) is 11.3 Å². The Labute approximate surface area is 109 Å². The topological polar surface area (TPSA) is 43.4 Å². The second kappa shape index (κ2) is 6.16. The molecule has 0 aromatic carbocycles.